The number of nitrogen functional groups attached to an aromatic ring is 1. The van der Waals surface area contributed by atoms with E-state index in [2.05, 4.69) is 4.98 Å². The fourth-order valence-corrected chi connectivity index (χ4v) is 5.12. The zero-order chi connectivity index (χ0) is 27.8. The van der Waals surface area contributed by atoms with Crippen molar-refractivity contribution < 1.29 is 14.3 Å². The number of aromatic nitrogens is 3. The molecular formula is C28H35ClN6O3. The molecule has 3 N–H and O–H groups in total. The molecule has 38 heavy (non-hydrogen) atoms. The quantitative estimate of drug-likeness (QED) is 0.302. The summed E-state index contributed by atoms with van der Waals surface area (Å²) in [6.07, 6.45) is 4.11. The van der Waals surface area contributed by atoms with Crippen molar-refractivity contribution in [3.8, 4) is 28.3 Å². The SMILES string of the molecule is COc1ccc(-c2nn(C3CCN(C(=O)OC(C)(C)C)CC3)c(C)c2-c2c(Cl)c(C)cc(N)c2C=N)cn1. The molecule has 3 aromatic rings. The zero-order valence-electron chi connectivity index (χ0n) is 22.8. The van der Waals surface area contributed by atoms with Crippen molar-refractivity contribution in [2.75, 3.05) is 25.9 Å². The zero-order valence-corrected chi connectivity index (χ0v) is 23.5. The van der Waals surface area contributed by atoms with Crippen LogP contribution in [-0.2, 0) is 4.74 Å². The number of pyridine rings is 1. The molecule has 1 saturated heterocycles. The Hall–Kier alpha value is -3.59. The van der Waals surface area contributed by atoms with Crippen molar-refractivity contribution in [1.29, 1.82) is 5.41 Å². The molecule has 10 heteroatoms. The van der Waals surface area contributed by atoms with Crippen LogP contribution < -0.4 is 10.5 Å². The van der Waals surface area contributed by atoms with Gasteiger partial charge in [-0.3, -0.25) is 4.68 Å². The number of hydrogen-bond acceptors (Lipinski definition) is 7. The average Bonchev–Trinajstić information content (AvgIpc) is 3.21. The predicted octanol–water partition coefficient (Wildman–Crippen LogP) is 6.04. The first-order chi connectivity index (χ1) is 17.9. The van der Waals surface area contributed by atoms with Crippen molar-refractivity contribution in [2.24, 2.45) is 0 Å². The molecule has 1 aliphatic heterocycles. The minimum absolute atomic E-state index is 0.0664. The van der Waals surface area contributed by atoms with Gasteiger partial charge >= 0.3 is 6.09 Å². The van der Waals surface area contributed by atoms with Gasteiger partial charge in [0.25, 0.3) is 0 Å². The smallest absolute Gasteiger partial charge is 0.410 e. The Labute approximate surface area is 228 Å². The highest BCUT2D eigenvalue weighted by Gasteiger charge is 2.31. The van der Waals surface area contributed by atoms with Crippen LogP contribution in [0.25, 0.3) is 22.4 Å². The molecule has 1 aromatic carbocycles. The van der Waals surface area contributed by atoms with Crippen LogP contribution in [0, 0.1) is 19.3 Å². The fraction of sp³-hybridized carbons (Fsp3) is 0.429. The van der Waals surface area contributed by atoms with Crippen LogP contribution in [0.1, 0.15) is 56.5 Å². The second kappa shape index (κ2) is 10.6. The lowest BCUT2D eigenvalue weighted by Gasteiger charge is -2.34. The number of amides is 1. The Bertz CT molecular complexity index is 1350. The van der Waals surface area contributed by atoms with Gasteiger partial charge in [0.2, 0.25) is 5.88 Å². The van der Waals surface area contributed by atoms with Crippen molar-refractivity contribution in [3.05, 3.63) is 46.2 Å². The molecule has 4 rings (SSSR count). The van der Waals surface area contributed by atoms with E-state index in [1.54, 1.807) is 30.3 Å². The first-order valence-electron chi connectivity index (χ1n) is 12.6. The molecule has 0 bridgehead atoms. The van der Waals surface area contributed by atoms with E-state index < -0.39 is 5.60 Å². The van der Waals surface area contributed by atoms with Gasteiger partial charge in [-0.05, 0) is 65.2 Å². The number of carbonyl (C=O) groups is 1. The van der Waals surface area contributed by atoms with Crippen molar-refractivity contribution >= 4 is 29.6 Å². The lowest BCUT2D eigenvalue weighted by atomic mass is 9.93. The second-order valence-electron chi connectivity index (χ2n) is 10.6. The van der Waals surface area contributed by atoms with Crippen LogP contribution in [0.3, 0.4) is 0 Å². The van der Waals surface area contributed by atoms with Gasteiger partial charge < -0.3 is 25.5 Å². The van der Waals surface area contributed by atoms with Crippen LogP contribution >= 0.6 is 11.6 Å². The number of nitrogens with zero attached hydrogens (tertiary/aromatic N) is 4. The number of benzene rings is 1. The third-order valence-electron chi connectivity index (χ3n) is 6.74. The maximum atomic E-state index is 12.6. The van der Waals surface area contributed by atoms with E-state index in [0.717, 1.165) is 35.2 Å². The standard InChI is InChI=1S/C28H35ClN6O3/c1-16-13-21(31)20(14-30)24(25(16)29)23-17(2)35(33-26(23)18-7-8-22(37-6)32-15-18)19-9-11-34(12-10-19)27(36)38-28(3,4)5/h7-8,13-15,19,30H,9-12,31H2,1-6H3. The molecule has 0 unspecified atom stereocenters. The summed E-state index contributed by atoms with van der Waals surface area (Å²) in [5, 5.41) is 13.7. The number of nitrogens with one attached hydrogen (secondary N) is 1. The number of anilines is 1. The molecule has 2 aromatic heterocycles. The highest BCUT2D eigenvalue weighted by molar-refractivity contribution is 6.35. The molecule has 202 valence electrons. The summed E-state index contributed by atoms with van der Waals surface area (Å²) in [5.74, 6) is 0.499. The topological polar surface area (TPSA) is 119 Å². The maximum absolute atomic E-state index is 12.6. The molecule has 1 aliphatic rings. The van der Waals surface area contributed by atoms with E-state index in [4.69, 9.17) is 37.3 Å². The van der Waals surface area contributed by atoms with Crippen molar-refractivity contribution in [3.63, 3.8) is 0 Å². The highest BCUT2D eigenvalue weighted by Crippen LogP contribution is 2.44. The van der Waals surface area contributed by atoms with E-state index >= 15 is 0 Å². The molecular weight excluding hydrogens is 504 g/mol. The maximum Gasteiger partial charge on any atom is 0.410 e. The minimum Gasteiger partial charge on any atom is -0.481 e. The molecule has 1 amide bonds. The summed E-state index contributed by atoms with van der Waals surface area (Å²) < 4.78 is 12.8. The summed E-state index contributed by atoms with van der Waals surface area (Å²) in [7, 11) is 1.57. The Morgan fingerprint density at radius 3 is 2.45 bits per heavy atom. The number of rotatable bonds is 5. The monoisotopic (exact) mass is 538 g/mol. The number of carbonyl (C=O) groups excluding carboxylic acids is 1. The summed E-state index contributed by atoms with van der Waals surface area (Å²) in [6, 6.07) is 5.55. The number of hydrogen-bond donors (Lipinski definition) is 2. The van der Waals surface area contributed by atoms with Crippen LogP contribution in [0.4, 0.5) is 10.5 Å². The van der Waals surface area contributed by atoms with Gasteiger partial charge in [-0.15, -0.1) is 0 Å². The van der Waals surface area contributed by atoms with Crippen LogP contribution in [0.2, 0.25) is 5.02 Å². The van der Waals surface area contributed by atoms with Gasteiger partial charge in [0.05, 0.1) is 18.2 Å². The molecule has 3 heterocycles. The molecule has 0 radical (unpaired) electrons. The van der Waals surface area contributed by atoms with Crippen LogP contribution in [0.15, 0.2) is 24.4 Å². The van der Waals surface area contributed by atoms with Crippen molar-refractivity contribution in [1.82, 2.24) is 19.7 Å². The number of halogens is 1. The molecule has 0 saturated carbocycles. The normalized spacial score (nSPS) is 14.4. The van der Waals surface area contributed by atoms with E-state index in [0.29, 0.717) is 46.5 Å². The molecule has 9 nitrogen and oxygen atoms in total. The number of likely N-dealkylation sites (tertiary alicyclic amines) is 1. The van der Waals surface area contributed by atoms with Gasteiger partial charge in [0, 0.05) is 65.2 Å². The summed E-state index contributed by atoms with van der Waals surface area (Å²) in [4.78, 5) is 18.7. The second-order valence-corrected chi connectivity index (χ2v) is 10.9. The molecule has 0 spiro atoms. The fourth-order valence-electron chi connectivity index (χ4n) is 4.87. The van der Waals surface area contributed by atoms with E-state index in [9.17, 15) is 4.79 Å². The number of nitrogens with two attached hydrogens (primary N) is 1. The number of piperidine rings is 1. The predicted molar refractivity (Wildman–Crippen MR) is 150 cm³/mol. The average molecular weight is 539 g/mol. The molecule has 0 aliphatic carbocycles. The Balaban J connectivity index is 1.79. The molecule has 0 atom stereocenters. The summed E-state index contributed by atoms with van der Waals surface area (Å²) >= 11 is 6.87. The Morgan fingerprint density at radius 1 is 1.21 bits per heavy atom. The van der Waals surface area contributed by atoms with Crippen LogP contribution in [0.5, 0.6) is 5.88 Å². The largest absolute Gasteiger partial charge is 0.481 e. The van der Waals surface area contributed by atoms with Gasteiger partial charge in [0.1, 0.15) is 11.3 Å². The lowest BCUT2D eigenvalue weighted by molar-refractivity contribution is 0.0184. The first kappa shape index (κ1) is 27.4. The number of ether oxygens (including phenoxy) is 2. The number of methoxy groups -OCH3 is 1. The highest BCUT2D eigenvalue weighted by atomic mass is 35.5. The summed E-state index contributed by atoms with van der Waals surface area (Å²) in [5.41, 5.74) is 11.5. The van der Waals surface area contributed by atoms with Crippen molar-refractivity contribution in [2.45, 2.75) is 59.1 Å². The van der Waals surface area contributed by atoms with Gasteiger partial charge in [-0.25, -0.2) is 9.78 Å². The third kappa shape index (κ3) is 5.34. The Kier molecular flexibility index (Phi) is 7.69. The summed E-state index contributed by atoms with van der Waals surface area (Å²) in [6.45, 7) is 10.6. The van der Waals surface area contributed by atoms with Gasteiger partial charge in [0.15, 0.2) is 0 Å². The van der Waals surface area contributed by atoms with E-state index in [1.807, 2.05) is 45.4 Å². The van der Waals surface area contributed by atoms with E-state index in [1.165, 1.54) is 6.21 Å². The lowest BCUT2D eigenvalue weighted by Crippen LogP contribution is -2.42. The first-order valence-corrected chi connectivity index (χ1v) is 13.0. The van der Waals surface area contributed by atoms with Gasteiger partial charge in [-0.2, -0.15) is 5.10 Å². The minimum atomic E-state index is -0.537. The Morgan fingerprint density at radius 2 is 1.89 bits per heavy atom. The number of aryl methyl sites for hydroxylation is 1. The molecule has 1 fully saturated rings. The van der Waals surface area contributed by atoms with Crippen LogP contribution in [-0.4, -0.2) is 57.8 Å². The van der Waals surface area contributed by atoms with Gasteiger partial charge in [-0.1, -0.05) is 11.6 Å². The van der Waals surface area contributed by atoms with E-state index in [-0.39, 0.29) is 12.1 Å². The third-order valence-corrected chi connectivity index (χ3v) is 7.23.